The Morgan fingerprint density at radius 1 is 0.963 bits per heavy atom. The van der Waals surface area contributed by atoms with Crippen LogP contribution in [0.25, 0.3) is 22.2 Å². The molecule has 0 radical (unpaired) electrons. The Labute approximate surface area is 155 Å². The Morgan fingerprint density at radius 3 is 2.41 bits per heavy atom. The van der Waals surface area contributed by atoms with Gasteiger partial charge in [0.05, 0.1) is 11.1 Å². The number of halogens is 3. The molecule has 2 aromatic heterocycles. The Balaban J connectivity index is 1.80. The highest BCUT2D eigenvalue weighted by Gasteiger charge is 2.30. The number of hydrogen-bond donors (Lipinski definition) is 0. The minimum atomic E-state index is -4.35. The number of anilines is 1. The first-order chi connectivity index (χ1) is 12.8. The van der Waals surface area contributed by atoms with Crippen LogP contribution in [-0.4, -0.2) is 47.7 Å². The third kappa shape index (κ3) is 3.27. The van der Waals surface area contributed by atoms with Gasteiger partial charge < -0.3 is 14.4 Å². The third-order valence-electron chi connectivity index (χ3n) is 5.24. The van der Waals surface area contributed by atoms with Gasteiger partial charge in [-0.3, -0.25) is 0 Å². The first-order valence-electron chi connectivity index (χ1n) is 8.90. The summed E-state index contributed by atoms with van der Waals surface area (Å²) in [6, 6.07) is 9.33. The van der Waals surface area contributed by atoms with Crippen LogP contribution >= 0.6 is 0 Å². The predicted octanol–water partition coefficient (Wildman–Crippen LogP) is 4.01. The van der Waals surface area contributed by atoms with E-state index < -0.39 is 11.7 Å². The van der Waals surface area contributed by atoms with E-state index >= 15 is 0 Å². The molecule has 0 bridgehead atoms. The van der Waals surface area contributed by atoms with Crippen LogP contribution < -0.4 is 4.90 Å². The number of likely N-dealkylation sites (N-methyl/N-ethyl adjacent to an activating group) is 1. The van der Waals surface area contributed by atoms with Gasteiger partial charge in [-0.2, -0.15) is 13.2 Å². The van der Waals surface area contributed by atoms with Crippen molar-refractivity contribution < 1.29 is 13.2 Å². The smallest absolute Gasteiger partial charge is 0.353 e. The quantitative estimate of drug-likeness (QED) is 0.677. The predicted molar refractivity (Wildman–Crippen MR) is 101 cm³/mol. The van der Waals surface area contributed by atoms with Crippen molar-refractivity contribution in [3.8, 4) is 11.3 Å². The second-order valence-corrected chi connectivity index (χ2v) is 7.02. The van der Waals surface area contributed by atoms with Gasteiger partial charge in [0.1, 0.15) is 5.82 Å². The molecule has 3 heterocycles. The van der Waals surface area contributed by atoms with Crippen LogP contribution in [0.1, 0.15) is 5.56 Å². The van der Waals surface area contributed by atoms with Gasteiger partial charge in [-0.1, -0.05) is 12.1 Å². The summed E-state index contributed by atoms with van der Waals surface area (Å²) in [5.74, 6) is 0.898. The molecule has 0 atom stereocenters. The van der Waals surface area contributed by atoms with Crippen LogP contribution in [0, 0.1) is 0 Å². The van der Waals surface area contributed by atoms with E-state index in [1.807, 2.05) is 23.7 Å². The van der Waals surface area contributed by atoms with Crippen molar-refractivity contribution in [3.63, 3.8) is 0 Å². The van der Waals surface area contributed by atoms with Gasteiger partial charge in [-0.15, -0.1) is 0 Å². The van der Waals surface area contributed by atoms with Gasteiger partial charge in [-0.25, -0.2) is 4.98 Å². The number of rotatable bonds is 2. The lowest BCUT2D eigenvalue weighted by atomic mass is 10.1. The molecule has 1 aromatic carbocycles. The number of piperazine rings is 1. The zero-order valence-corrected chi connectivity index (χ0v) is 15.3. The number of benzene rings is 1. The number of fused-ring (bicyclic) bond motifs is 1. The maximum Gasteiger partial charge on any atom is 0.416 e. The van der Waals surface area contributed by atoms with Crippen LogP contribution in [0.2, 0.25) is 0 Å². The van der Waals surface area contributed by atoms with E-state index in [1.165, 1.54) is 12.1 Å². The van der Waals surface area contributed by atoms with Crippen molar-refractivity contribution in [2.24, 2.45) is 7.05 Å². The number of nitrogens with zero attached hydrogens (tertiary/aromatic N) is 4. The molecule has 1 saturated heterocycles. The molecule has 1 aliphatic rings. The lowest BCUT2D eigenvalue weighted by Crippen LogP contribution is -2.44. The van der Waals surface area contributed by atoms with Crippen molar-refractivity contribution in [1.82, 2.24) is 14.5 Å². The largest absolute Gasteiger partial charge is 0.416 e. The van der Waals surface area contributed by atoms with Crippen LogP contribution in [0.4, 0.5) is 19.0 Å². The normalized spacial score (nSPS) is 16.3. The Hall–Kier alpha value is -2.54. The number of alkyl halides is 3. The topological polar surface area (TPSA) is 24.3 Å². The van der Waals surface area contributed by atoms with E-state index in [0.29, 0.717) is 5.56 Å². The fourth-order valence-corrected chi connectivity index (χ4v) is 3.65. The van der Waals surface area contributed by atoms with Crippen molar-refractivity contribution in [1.29, 1.82) is 0 Å². The summed E-state index contributed by atoms with van der Waals surface area (Å²) in [5.41, 5.74) is 1.63. The van der Waals surface area contributed by atoms with Crippen molar-refractivity contribution in [2.75, 3.05) is 38.1 Å². The maximum absolute atomic E-state index is 13.1. The summed E-state index contributed by atoms with van der Waals surface area (Å²) in [5, 5.41) is 0.969. The molecule has 142 valence electrons. The molecule has 27 heavy (non-hydrogen) atoms. The highest BCUT2D eigenvalue weighted by molar-refractivity contribution is 5.95. The minimum absolute atomic E-state index is 0.549. The molecule has 0 unspecified atom stereocenters. The van der Waals surface area contributed by atoms with Gasteiger partial charge in [-0.05, 0) is 36.9 Å². The molecular weight excluding hydrogens is 353 g/mol. The summed E-state index contributed by atoms with van der Waals surface area (Å²) >= 11 is 0. The molecular formula is C20H21F3N4. The highest BCUT2D eigenvalue weighted by atomic mass is 19.4. The number of pyridine rings is 1. The monoisotopic (exact) mass is 374 g/mol. The van der Waals surface area contributed by atoms with Gasteiger partial charge in [0, 0.05) is 50.5 Å². The van der Waals surface area contributed by atoms with E-state index in [2.05, 4.69) is 21.8 Å². The average molecular weight is 374 g/mol. The lowest BCUT2D eigenvalue weighted by Gasteiger charge is -2.33. The van der Waals surface area contributed by atoms with Crippen LogP contribution in [0.15, 0.2) is 42.6 Å². The van der Waals surface area contributed by atoms with Crippen molar-refractivity contribution in [3.05, 3.63) is 48.2 Å². The molecule has 3 aromatic rings. The van der Waals surface area contributed by atoms with Gasteiger partial charge in [0.2, 0.25) is 0 Å². The first-order valence-corrected chi connectivity index (χ1v) is 8.90. The summed E-state index contributed by atoms with van der Waals surface area (Å²) in [7, 11) is 3.98. The zero-order valence-electron chi connectivity index (χ0n) is 15.3. The van der Waals surface area contributed by atoms with Crippen LogP contribution in [0.3, 0.4) is 0 Å². The minimum Gasteiger partial charge on any atom is -0.353 e. The van der Waals surface area contributed by atoms with Gasteiger partial charge in [0.15, 0.2) is 0 Å². The highest BCUT2D eigenvalue weighted by Crippen LogP contribution is 2.35. The van der Waals surface area contributed by atoms with E-state index in [0.717, 1.165) is 54.7 Å². The Morgan fingerprint density at radius 2 is 1.70 bits per heavy atom. The van der Waals surface area contributed by atoms with E-state index in [4.69, 9.17) is 0 Å². The second kappa shape index (κ2) is 6.56. The Bertz CT molecular complexity index is 969. The fraction of sp³-hybridized carbons (Fsp3) is 0.350. The van der Waals surface area contributed by atoms with Crippen LogP contribution in [-0.2, 0) is 13.2 Å². The molecule has 4 nitrogen and oxygen atoms in total. The molecule has 4 rings (SSSR count). The van der Waals surface area contributed by atoms with E-state index in [9.17, 15) is 13.2 Å². The van der Waals surface area contributed by atoms with Crippen molar-refractivity contribution >= 4 is 16.7 Å². The number of aryl methyl sites for hydroxylation is 1. The molecule has 1 fully saturated rings. The second-order valence-electron chi connectivity index (χ2n) is 7.02. The maximum atomic E-state index is 13.1. The van der Waals surface area contributed by atoms with E-state index in [1.54, 1.807) is 12.3 Å². The average Bonchev–Trinajstić information content (AvgIpc) is 2.99. The molecule has 0 aliphatic carbocycles. The first kappa shape index (κ1) is 17.9. The SMILES string of the molecule is CN1CCN(c2nccc3c2cc(-c2cccc(C(F)(F)F)c2)n3C)CC1. The molecule has 0 amide bonds. The third-order valence-corrected chi connectivity index (χ3v) is 5.24. The molecule has 0 N–H and O–H groups in total. The fourth-order valence-electron chi connectivity index (χ4n) is 3.65. The summed E-state index contributed by atoms with van der Waals surface area (Å²) in [6.45, 7) is 3.70. The summed E-state index contributed by atoms with van der Waals surface area (Å²) in [6.07, 6.45) is -2.58. The standard InChI is InChI=1S/C20H21F3N4/c1-25-8-10-27(11-9-25)19-16-13-18(26(2)17(16)6-7-24-19)14-4-3-5-15(12-14)20(21,22)23/h3-7,12-13H,8-11H2,1-2H3. The summed E-state index contributed by atoms with van der Waals surface area (Å²) in [4.78, 5) is 9.10. The number of aromatic nitrogens is 2. The molecule has 0 spiro atoms. The lowest BCUT2D eigenvalue weighted by molar-refractivity contribution is -0.137. The zero-order chi connectivity index (χ0) is 19.2. The number of hydrogen-bond acceptors (Lipinski definition) is 3. The van der Waals surface area contributed by atoms with E-state index in [-0.39, 0.29) is 0 Å². The molecule has 0 saturated carbocycles. The summed E-state index contributed by atoms with van der Waals surface area (Å²) < 4.78 is 41.2. The Kier molecular flexibility index (Phi) is 4.34. The van der Waals surface area contributed by atoms with Gasteiger partial charge in [0.25, 0.3) is 0 Å². The molecule has 7 heteroatoms. The molecule has 1 aliphatic heterocycles. The van der Waals surface area contributed by atoms with Crippen LogP contribution in [0.5, 0.6) is 0 Å². The van der Waals surface area contributed by atoms with Crippen molar-refractivity contribution in [2.45, 2.75) is 6.18 Å². The van der Waals surface area contributed by atoms with Gasteiger partial charge >= 0.3 is 6.18 Å².